The van der Waals surface area contributed by atoms with Crippen molar-refractivity contribution in [3.05, 3.63) is 29.3 Å². The SMILES string of the molecule is Nc1ccc2c(c1)CNC2=C=O. The van der Waals surface area contributed by atoms with Crippen LogP contribution in [0.5, 0.6) is 0 Å². The molecule has 0 fully saturated rings. The fourth-order valence-electron chi connectivity index (χ4n) is 1.37. The molecule has 3 nitrogen and oxygen atoms in total. The van der Waals surface area contributed by atoms with E-state index in [-0.39, 0.29) is 0 Å². The zero-order valence-electron chi connectivity index (χ0n) is 6.42. The van der Waals surface area contributed by atoms with Gasteiger partial charge in [-0.25, -0.2) is 4.79 Å². The molecule has 3 N–H and O–H groups in total. The van der Waals surface area contributed by atoms with Crippen LogP contribution in [0.1, 0.15) is 11.1 Å². The van der Waals surface area contributed by atoms with Crippen molar-refractivity contribution in [1.29, 1.82) is 0 Å². The number of fused-ring (bicyclic) bond motifs is 1. The number of nitrogens with two attached hydrogens (primary N) is 1. The summed E-state index contributed by atoms with van der Waals surface area (Å²) in [7, 11) is 0. The van der Waals surface area contributed by atoms with Gasteiger partial charge in [0.25, 0.3) is 0 Å². The third-order valence-corrected chi connectivity index (χ3v) is 1.96. The lowest BCUT2D eigenvalue weighted by atomic mass is 10.1. The molecule has 2 rings (SSSR count). The van der Waals surface area contributed by atoms with Gasteiger partial charge < -0.3 is 11.1 Å². The van der Waals surface area contributed by atoms with E-state index in [2.05, 4.69) is 5.32 Å². The highest BCUT2D eigenvalue weighted by molar-refractivity contribution is 5.89. The van der Waals surface area contributed by atoms with Gasteiger partial charge in [0.15, 0.2) is 5.94 Å². The molecule has 3 heteroatoms. The Hall–Kier alpha value is -1.73. The Balaban J connectivity index is 2.62. The molecule has 1 heterocycles. The maximum absolute atomic E-state index is 10.4. The van der Waals surface area contributed by atoms with Crippen molar-refractivity contribution in [2.24, 2.45) is 0 Å². The summed E-state index contributed by atoms with van der Waals surface area (Å²) < 4.78 is 0. The van der Waals surface area contributed by atoms with E-state index >= 15 is 0 Å². The molecule has 0 aromatic heterocycles. The molecule has 0 aliphatic carbocycles. The third-order valence-electron chi connectivity index (χ3n) is 1.96. The number of hydrogen-bond acceptors (Lipinski definition) is 3. The highest BCUT2D eigenvalue weighted by atomic mass is 16.1. The van der Waals surface area contributed by atoms with Crippen molar-refractivity contribution in [3.8, 4) is 0 Å². The topological polar surface area (TPSA) is 55.1 Å². The Labute approximate surface area is 69.9 Å². The second-order valence-corrected chi connectivity index (χ2v) is 2.75. The van der Waals surface area contributed by atoms with Gasteiger partial charge in [-0.2, -0.15) is 0 Å². The molecular formula is C9H8N2O. The van der Waals surface area contributed by atoms with Gasteiger partial charge in [0, 0.05) is 17.8 Å². The fraction of sp³-hybridized carbons (Fsp3) is 0.111. The Morgan fingerprint density at radius 1 is 1.50 bits per heavy atom. The molecule has 60 valence electrons. The van der Waals surface area contributed by atoms with Crippen LogP contribution >= 0.6 is 0 Å². The van der Waals surface area contributed by atoms with E-state index < -0.39 is 0 Å². The minimum Gasteiger partial charge on any atom is -0.399 e. The van der Waals surface area contributed by atoms with Gasteiger partial charge in [-0.1, -0.05) is 0 Å². The summed E-state index contributed by atoms with van der Waals surface area (Å²) in [5.74, 6) is 1.85. The number of hydrogen-bond donors (Lipinski definition) is 2. The Morgan fingerprint density at radius 2 is 2.33 bits per heavy atom. The first-order valence-electron chi connectivity index (χ1n) is 3.69. The van der Waals surface area contributed by atoms with Crippen LogP contribution in [-0.2, 0) is 11.3 Å². The van der Waals surface area contributed by atoms with E-state index in [9.17, 15) is 4.79 Å². The zero-order chi connectivity index (χ0) is 8.55. The Kier molecular flexibility index (Phi) is 1.39. The number of nitrogen functional groups attached to an aromatic ring is 1. The fourth-order valence-corrected chi connectivity index (χ4v) is 1.37. The van der Waals surface area contributed by atoms with Crippen molar-refractivity contribution < 1.29 is 4.79 Å². The van der Waals surface area contributed by atoms with Gasteiger partial charge in [0.2, 0.25) is 0 Å². The normalized spacial score (nSPS) is 13.5. The smallest absolute Gasteiger partial charge is 0.150 e. The summed E-state index contributed by atoms with van der Waals surface area (Å²) >= 11 is 0. The minimum atomic E-state index is 0.532. The first kappa shape index (κ1) is 6.95. The number of nitrogens with one attached hydrogen (secondary N) is 1. The van der Waals surface area contributed by atoms with E-state index in [0.717, 1.165) is 16.8 Å². The van der Waals surface area contributed by atoms with Crippen LogP contribution in [0.25, 0.3) is 5.70 Å². The van der Waals surface area contributed by atoms with E-state index in [1.807, 2.05) is 18.1 Å². The molecule has 0 atom stereocenters. The van der Waals surface area contributed by atoms with Crippen molar-refractivity contribution in [2.45, 2.75) is 6.54 Å². The summed E-state index contributed by atoms with van der Waals surface area (Å²) in [6.07, 6.45) is 0. The molecule has 0 saturated carbocycles. The molecule has 12 heavy (non-hydrogen) atoms. The van der Waals surface area contributed by atoms with Crippen LogP contribution < -0.4 is 11.1 Å². The second kappa shape index (κ2) is 2.40. The zero-order valence-corrected chi connectivity index (χ0v) is 6.42. The van der Waals surface area contributed by atoms with Crippen LogP contribution in [-0.4, -0.2) is 5.94 Å². The van der Waals surface area contributed by atoms with Crippen molar-refractivity contribution in [2.75, 3.05) is 5.73 Å². The highest BCUT2D eigenvalue weighted by Crippen LogP contribution is 2.23. The van der Waals surface area contributed by atoms with Crippen LogP contribution in [0.15, 0.2) is 18.2 Å². The second-order valence-electron chi connectivity index (χ2n) is 2.75. The average Bonchev–Trinajstić information content (AvgIpc) is 2.46. The molecule has 1 aliphatic rings. The third kappa shape index (κ3) is 0.881. The number of benzene rings is 1. The van der Waals surface area contributed by atoms with Gasteiger partial charge in [0.05, 0.1) is 0 Å². The largest absolute Gasteiger partial charge is 0.399 e. The molecule has 0 spiro atoms. The molecule has 0 radical (unpaired) electrons. The first-order chi connectivity index (χ1) is 5.81. The number of carbonyl (C=O) groups excluding carboxylic acids is 1. The predicted molar refractivity (Wildman–Crippen MR) is 46.8 cm³/mol. The van der Waals surface area contributed by atoms with Crippen LogP contribution in [0.4, 0.5) is 5.69 Å². The minimum absolute atomic E-state index is 0.532. The number of rotatable bonds is 0. The predicted octanol–water partition coefficient (Wildman–Crippen LogP) is 0.544. The molecule has 0 saturated heterocycles. The van der Waals surface area contributed by atoms with Crippen LogP contribution in [0.3, 0.4) is 0 Å². The Bertz CT molecular complexity index is 378. The van der Waals surface area contributed by atoms with Gasteiger partial charge in [-0.3, -0.25) is 0 Å². The average molecular weight is 160 g/mol. The monoisotopic (exact) mass is 160 g/mol. The van der Waals surface area contributed by atoms with Crippen LogP contribution in [0, 0.1) is 0 Å². The molecule has 0 bridgehead atoms. The molecule has 0 unspecified atom stereocenters. The summed E-state index contributed by atoms with van der Waals surface area (Å²) in [6, 6.07) is 5.49. The van der Waals surface area contributed by atoms with Crippen molar-refractivity contribution in [3.63, 3.8) is 0 Å². The maximum atomic E-state index is 10.4. The summed E-state index contributed by atoms with van der Waals surface area (Å²) in [5.41, 5.74) is 8.82. The van der Waals surface area contributed by atoms with Gasteiger partial charge in [0.1, 0.15) is 5.70 Å². The lowest BCUT2D eigenvalue weighted by molar-refractivity contribution is 0.568. The van der Waals surface area contributed by atoms with Gasteiger partial charge >= 0.3 is 0 Å². The molecule has 1 aliphatic heterocycles. The summed E-state index contributed by atoms with van der Waals surface area (Å²) in [6.45, 7) is 0.672. The molecule has 1 aromatic rings. The van der Waals surface area contributed by atoms with E-state index in [0.29, 0.717) is 12.2 Å². The quantitative estimate of drug-likeness (QED) is 0.430. The van der Waals surface area contributed by atoms with Crippen molar-refractivity contribution >= 4 is 17.3 Å². The lowest BCUT2D eigenvalue weighted by Gasteiger charge is -1.96. The van der Waals surface area contributed by atoms with E-state index in [4.69, 9.17) is 5.73 Å². The first-order valence-corrected chi connectivity index (χ1v) is 3.69. The molecular weight excluding hydrogens is 152 g/mol. The molecule has 1 aromatic carbocycles. The lowest BCUT2D eigenvalue weighted by Crippen LogP contribution is -2.00. The van der Waals surface area contributed by atoms with Crippen molar-refractivity contribution in [1.82, 2.24) is 5.32 Å². The number of anilines is 1. The highest BCUT2D eigenvalue weighted by Gasteiger charge is 2.15. The standard InChI is InChI=1S/C9H8N2O/c10-7-1-2-8-6(3-7)4-11-9(8)5-12/h1-3,11H,4,10H2. The van der Waals surface area contributed by atoms with Gasteiger partial charge in [-0.15, -0.1) is 0 Å². The summed E-state index contributed by atoms with van der Waals surface area (Å²) in [5, 5.41) is 2.94. The summed E-state index contributed by atoms with van der Waals surface area (Å²) in [4.78, 5) is 10.4. The molecule has 0 amide bonds. The van der Waals surface area contributed by atoms with E-state index in [1.54, 1.807) is 6.07 Å². The van der Waals surface area contributed by atoms with Gasteiger partial charge in [-0.05, 0) is 23.8 Å². The maximum Gasteiger partial charge on any atom is 0.150 e. The van der Waals surface area contributed by atoms with E-state index in [1.165, 1.54) is 0 Å². The van der Waals surface area contributed by atoms with Crippen LogP contribution in [0.2, 0.25) is 0 Å². The Morgan fingerprint density at radius 3 is 3.08 bits per heavy atom.